The zero-order chi connectivity index (χ0) is 10.6. The Hall–Kier alpha value is -0.440. The Morgan fingerprint density at radius 1 is 1.36 bits per heavy atom. The molecule has 1 aromatic rings. The summed E-state index contributed by atoms with van der Waals surface area (Å²) in [6.45, 7) is 1.88. The molecule has 0 saturated carbocycles. The minimum absolute atomic E-state index is 0.116. The van der Waals surface area contributed by atoms with Crippen LogP contribution in [0.15, 0.2) is 18.2 Å². The van der Waals surface area contributed by atoms with Crippen LogP contribution in [0, 0.1) is 6.92 Å². The molecule has 0 aliphatic carbocycles. The SMILES string of the molecule is Cc1cc(C(F)F)ccc1CCCBr. The Morgan fingerprint density at radius 3 is 2.57 bits per heavy atom. The van der Waals surface area contributed by atoms with Crippen molar-refractivity contribution < 1.29 is 8.78 Å². The Bertz CT molecular complexity index is 297. The van der Waals surface area contributed by atoms with E-state index >= 15 is 0 Å². The lowest BCUT2D eigenvalue weighted by atomic mass is 10.0. The van der Waals surface area contributed by atoms with E-state index < -0.39 is 6.43 Å². The van der Waals surface area contributed by atoms with E-state index in [-0.39, 0.29) is 5.56 Å². The van der Waals surface area contributed by atoms with E-state index in [0.717, 1.165) is 29.3 Å². The number of aryl methyl sites for hydroxylation is 2. The van der Waals surface area contributed by atoms with Crippen molar-refractivity contribution in [3.05, 3.63) is 34.9 Å². The fourth-order valence-corrected chi connectivity index (χ4v) is 1.67. The van der Waals surface area contributed by atoms with Crippen LogP contribution in [0.3, 0.4) is 0 Å². The van der Waals surface area contributed by atoms with Crippen LogP contribution in [0.5, 0.6) is 0 Å². The monoisotopic (exact) mass is 262 g/mol. The van der Waals surface area contributed by atoms with Crippen molar-refractivity contribution in [1.82, 2.24) is 0 Å². The summed E-state index contributed by atoms with van der Waals surface area (Å²) in [6.07, 6.45) is -0.380. The molecular formula is C11H13BrF2. The number of halogens is 3. The molecule has 0 N–H and O–H groups in total. The third-order valence-electron chi connectivity index (χ3n) is 2.20. The van der Waals surface area contributed by atoms with Crippen molar-refractivity contribution in [3.63, 3.8) is 0 Å². The van der Waals surface area contributed by atoms with Crippen LogP contribution >= 0.6 is 15.9 Å². The minimum Gasteiger partial charge on any atom is -0.205 e. The highest BCUT2D eigenvalue weighted by atomic mass is 79.9. The van der Waals surface area contributed by atoms with E-state index in [1.165, 1.54) is 6.07 Å². The molecule has 0 atom stereocenters. The number of hydrogen-bond donors (Lipinski definition) is 0. The van der Waals surface area contributed by atoms with Gasteiger partial charge in [0, 0.05) is 10.9 Å². The number of alkyl halides is 3. The van der Waals surface area contributed by atoms with Gasteiger partial charge in [-0.05, 0) is 30.9 Å². The second-order valence-corrected chi connectivity index (χ2v) is 4.07. The summed E-state index contributed by atoms with van der Waals surface area (Å²) >= 11 is 3.35. The second kappa shape index (κ2) is 5.44. The molecule has 14 heavy (non-hydrogen) atoms. The lowest BCUT2D eigenvalue weighted by molar-refractivity contribution is 0.151. The standard InChI is InChI=1S/C11H13BrF2/c1-8-7-10(11(13)14)5-4-9(8)3-2-6-12/h4-5,7,11H,2-3,6H2,1H3. The fourth-order valence-electron chi connectivity index (χ4n) is 1.39. The van der Waals surface area contributed by atoms with Gasteiger partial charge in [0.25, 0.3) is 6.43 Å². The van der Waals surface area contributed by atoms with Crippen LogP contribution < -0.4 is 0 Å². The average Bonchev–Trinajstić information content (AvgIpc) is 2.15. The third-order valence-corrected chi connectivity index (χ3v) is 2.76. The van der Waals surface area contributed by atoms with Crippen LogP contribution in [0.25, 0.3) is 0 Å². The lowest BCUT2D eigenvalue weighted by Crippen LogP contribution is -1.93. The van der Waals surface area contributed by atoms with Crippen molar-refractivity contribution in [2.24, 2.45) is 0 Å². The van der Waals surface area contributed by atoms with Gasteiger partial charge in [-0.3, -0.25) is 0 Å². The van der Waals surface area contributed by atoms with Crippen LogP contribution in [-0.2, 0) is 6.42 Å². The zero-order valence-electron chi connectivity index (χ0n) is 8.06. The van der Waals surface area contributed by atoms with Gasteiger partial charge in [-0.15, -0.1) is 0 Å². The van der Waals surface area contributed by atoms with E-state index in [1.54, 1.807) is 12.1 Å². The molecule has 0 heterocycles. The molecule has 0 spiro atoms. The highest BCUT2D eigenvalue weighted by molar-refractivity contribution is 9.09. The summed E-state index contributed by atoms with van der Waals surface area (Å²) in [5, 5.41) is 0.947. The highest BCUT2D eigenvalue weighted by Gasteiger charge is 2.08. The zero-order valence-corrected chi connectivity index (χ0v) is 9.65. The van der Waals surface area contributed by atoms with E-state index in [1.807, 2.05) is 6.92 Å². The van der Waals surface area contributed by atoms with Gasteiger partial charge >= 0.3 is 0 Å². The fraction of sp³-hybridized carbons (Fsp3) is 0.455. The second-order valence-electron chi connectivity index (χ2n) is 3.28. The van der Waals surface area contributed by atoms with E-state index in [4.69, 9.17) is 0 Å². The maximum absolute atomic E-state index is 12.3. The first-order chi connectivity index (χ1) is 6.65. The number of benzene rings is 1. The maximum atomic E-state index is 12.3. The number of rotatable bonds is 4. The van der Waals surface area contributed by atoms with Gasteiger partial charge in [-0.2, -0.15) is 0 Å². The van der Waals surface area contributed by atoms with E-state index in [2.05, 4.69) is 15.9 Å². The molecule has 1 aromatic carbocycles. The van der Waals surface area contributed by atoms with Gasteiger partial charge in [0.05, 0.1) is 0 Å². The topological polar surface area (TPSA) is 0 Å². The van der Waals surface area contributed by atoms with Crippen molar-refractivity contribution in [2.45, 2.75) is 26.2 Å². The Balaban J connectivity index is 2.79. The normalized spacial score (nSPS) is 10.9. The molecular weight excluding hydrogens is 250 g/mol. The lowest BCUT2D eigenvalue weighted by Gasteiger charge is -2.07. The first-order valence-corrected chi connectivity index (χ1v) is 5.71. The summed E-state index contributed by atoms with van der Waals surface area (Å²) in [6, 6.07) is 4.90. The quantitative estimate of drug-likeness (QED) is 0.712. The molecule has 0 fully saturated rings. The largest absolute Gasteiger partial charge is 0.263 e. The Labute approximate surface area is 91.5 Å². The molecule has 0 aliphatic heterocycles. The molecule has 0 nitrogen and oxygen atoms in total. The molecule has 0 saturated heterocycles. The molecule has 0 bridgehead atoms. The smallest absolute Gasteiger partial charge is 0.205 e. The summed E-state index contributed by atoms with van der Waals surface area (Å²) in [4.78, 5) is 0. The predicted molar refractivity (Wildman–Crippen MR) is 58.3 cm³/mol. The summed E-state index contributed by atoms with van der Waals surface area (Å²) < 4.78 is 24.6. The van der Waals surface area contributed by atoms with Crippen LogP contribution in [0.4, 0.5) is 8.78 Å². The highest BCUT2D eigenvalue weighted by Crippen LogP contribution is 2.22. The molecule has 78 valence electrons. The summed E-state index contributed by atoms with van der Waals surface area (Å²) in [7, 11) is 0. The molecule has 0 radical (unpaired) electrons. The minimum atomic E-state index is -2.36. The predicted octanol–water partition coefficient (Wildman–Crippen LogP) is 4.26. The maximum Gasteiger partial charge on any atom is 0.263 e. The van der Waals surface area contributed by atoms with E-state index in [0.29, 0.717) is 0 Å². The van der Waals surface area contributed by atoms with Crippen molar-refractivity contribution in [1.29, 1.82) is 0 Å². The molecule has 0 amide bonds. The van der Waals surface area contributed by atoms with Crippen LogP contribution in [0.1, 0.15) is 29.5 Å². The Kier molecular flexibility index (Phi) is 4.52. The van der Waals surface area contributed by atoms with Crippen molar-refractivity contribution >= 4 is 15.9 Å². The first kappa shape index (κ1) is 11.6. The van der Waals surface area contributed by atoms with E-state index in [9.17, 15) is 8.78 Å². The molecule has 0 aromatic heterocycles. The van der Waals surface area contributed by atoms with Gasteiger partial charge in [0.15, 0.2) is 0 Å². The van der Waals surface area contributed by atoms with Crippen LogP contribution in [-0.4, -0.2) is 5.33 Å². The third kappa shape index (κ3) is 3.05. The summed E-state index contributed by atoms with van der Waals surface area (Å²) in [5.74, 6) is 0. The van der Waals surface area contributed by atoms with Gasteiger partial charge < -0.3 is 0 Å². The van der Waals surface area contributed by atoms with Crippen LogP contribution in [0.2, 0.25) is 0 Å². The first-order valence-electron chi connectivity index (χ1n) is 4.58. The molecule has 1 rings (SSSR count). The molecule has 0 unspecified atom stereocenters. The van der Waals surface area contributed by atoms with Crippen molar-refractivity contribution in [3.8, 4) is 0 Å². The average molecular weight is 263 g/mol. The van der Waals surface area contributed by atoms with Gasteiger partial charge in [-0.25, -0.2) is 8.78 Å². The van der Waals surface area contributed by atoms with Gasteiger partial charge in [0.1, 0.15) is 0 Å². The van der Waals surface area contributed by atoms with Gasteiger partial charge in [0.2, 0.25) is 0 Å². The van der Waals surface area contributed by atoms with Gasteiger partial charge in [-0.1, -0.05) is 34.1 Å². The summed E-state index contributed by atoms with van der Waals surface area (Å²) in [5.41, 5.74) is 2.24. The number of hydrogen-bond acceptors (Lipinski definition) is 0. The Morgan fingerprint density at radius 2 is 2.07 bits per heavy atom. The molecule has 0 aliphatic rings. The van der Waals surface area contributed by atoms with Crippen molar-refractivity contribution in [2.75, 3.05) is 5.33 Å². The molecule has 3 heteroatoms.